The Balaban J connectivity index is 1.37. The summed E-state index contributed by atoms with van der Waals surface area (Å²) in [7, 11) is 0. The molecule has 1 N–H and O–H groups in total. The van der Waals surface area contributed by atoms with Crippen LogP contribution in [0.5, 0.6) is 0 Å². The van der Waals surface area contributed by atoms with Crippen LogP contribution in [0.3, 0.4) is 0 Å². The largest absolute Gasteiger partial charge is 0.322 e. The summed E-state index contributed by atoms with van der Waals surface area (Å²) in [5.74, 6) is -1.21. The molecule has 8 heteroatoms. The van der Waals surface area contributed by atoms with E-state index >= 15 is 0 Å². The maximum absolute atomic E-state index is 14.5. The Morgan fingerprint density at radius 3 is 2.45 bits per heavy atom. The van der Waals surface area contributed by atoms with Crippen LogP contribution >= 0.6 is 22.6 Å². The summed E-state index contributed by atoms with van der Waals surface area (Å²) in [5.41, 5.74) is 2.16. The van der Waals surface area contributed by atoms with Crippen molar-refractivity contribution in [1.29, 1.82) is 0 Å². The second kappa shape index (κ2) is 11.3. The van der Waals surface area contributed by atoms with Crippen molar-refractivity contribution in [2.75, 3.05) is 24.1 Å². The van der Waals surface area contributed by atoms with Crippen LogP contribution in [0.1, 0.15) is 85.2 Å². The van der Waals surface area contributed by atoms with E-state index in [1.807, 2.05) is 0 Å². The number of nitrogens with one attached hydrogen (secondary N) is 1. The van der Waals surface area contributed by atoms with Crippen molar-refractivity contribution in [2.24, 2.45) is 0 Å². The molecule has 0 aromatic heterocycles. The molecular weight excluding hydrogens is 536 g/mol. The molecule has 4 rings (SSSR count). The van der Waals surface area contributed by atoms with E-state index in [4.69, 9.17) is 0 Å². The Labute approximate surface area is 208 Å². The van der Waals surface area contributed by atoms with Crippen LogP contribution in [-0.2, 0) is 16.1 Å². The molecule has 3 aliphatic heterocycles. The predicted octanol–water partition coefficient (Wildman–Crippen LogP) is 4.15. The Bertz CT molecular complexity index is 901. The average molecular weight is 569 g/mol. The summed E-state index contributed by atoms with van der Waals surface area (Å²) >= 11 is 2.44. The van der Waals surface area contributed by atoms with E-state index in [1.54, 1.807) is 6.07 Å². The summed E-state index contributed by atoms with van der Waals surface area (Å²) in [6.45, 7) is 3.43. The van der Waals surface area contributed by atoms with Gasteiger partial charge in [0.05, 0.1) is 0 Å². The number of amides is 3. The average Bonchev–Trinajstić information content (AvgIpc) is 3.12. The number of rotatable bonds is 9. The molecule has 0 radical (unpaired) electrons. The number of likely N-dealkylation sites (tertiary alicyclic amines) is 1. The van der Waals surface area contributed by atoms with Crippen LogP contribution in [0, 0.1) is 5.82 Å². The molecule has 0 saturated carbocycles. The zero-order chi connectivity index (χ0) is 23.4. The molecule has 0 spiro atoms. The normalized spacial score (nSPS) is 22.1. The molecule has 3 aliphatic rings. The van der Waals surface area contributed by atoms with E-state index in [2.05, 4.69) is 32.8 Å². The lowest BCUT2D eigenvalue weighted by Crippen LogP contribution is -2.52. The number of imide groups is 1. The highest BCUT2D eigenvalue weighted by molar-refractivity contribution is 14.1. The number of piperidine rings is 2. The van der Waals surface area contributed by atoms with Gasteiger partial charge in [0.1, 0.15) is 11.9 Å². The number of nitrogens with zero attached hydrogens (tertiary/aromatic N) is 2. The maximum Gasteiger partial charge on any atom is 0.255 e. The van der Waals surface area contributed by atoms with E-state index in [-0.39, 0.29) is 24.2 Å². The molecule has 1 unspecified atom stereocenters. The molecule has 6 nitrogen and oxygen atoms in total. The Kier molecular flexibility index (Phi) is 8.38. The van der Waals surface area contributed by atoms with Gasteiger partial charge in [-0.05, 0) is 85.3 Å². The first kappa shape index (κ1) is 24.6. The smallest absolute Gasteiger partial charge is 0.255 e. The van der Waals surface area contributed by atoms with Gasteiger partial charge in [-0.1, -0.05) is 41.9 Å². The van der Waals surface area contributed by atoms with Crippen LogP contribution < -0.4 is 5.32 Å². The molecule has 1 aromatic carbocycles. The van der Waals surface area contributed by atoms with Crippen LogP contribution in [0.25, 0.3) is 0 Å². The number of carbonyl (C=O) groups excluding carboxylic acids is 3. The molecule has 1 aromatic rings. The maximum atomic E-state index is 14.5. The van der Waals surface area contributed by atoms with Crippen LogP contribution in [0.4, 0.5) is 4.39 Å². The van der Waals surface area contributed by atoms with Crippen LogP contribution in [0.2, 0.25) is 0 Å². The highest BCUT2D eigenvalue weighted by Crippen LogP contribution is 2.37. The number of carbonyl (C=O) groups is 3. The van der Waals surface area contributed by atoms with Gasteiger partial charge in [-0.25, -0.2) is 4.39 Å². The third kappa shape index (κ3) is 5.75. The lowest BCUT2D eigenvalue weighted by atomic mass is 9.85. The first-order valence-electron chi connectivity index (χ1n) is 12.2. The van der Waals surface area contributed by atoms with Crippen LogP contribution in [0.15, 0.2) is 12.1 Å². The number of unbranched alkanes of at least 4 members (excludes halogenated alkanes) is 4. The Hall–Kier alpha value is -1.55. The van der Waals surface area contributed by atoms with Gasteiger partial charge >= 0.3 is 0 Å². The summed E-state index contributed by atoms with van der Waals surface area (Å²) in [5, 5.41) is 2.33. The number of fused-ring (bicyclic) bond motifs is 1. The molecule has 0 aliphatic carbocycles. The van der Waals surface area contributed by atoms with Gasteiger partial charge in [0.2, 0.25) is 11.8 Å². The highest BCUT2D eigenvalue weighted by atomic mass is 127. The number of hydrogen-bond acceptors (Lipinski definition) is 4. The monoisotopic (exact) mass is 569 g/mol. The van der Waals surface area contributed by atoms with Crippen molar-refractivity contribution in [3.63, 3.8) is 0 Å². The van der Waals surface area contributed by atoms with Crippen LogP contribution in [-0.4, -0.2) is 57.6 Å². The van der Waals surface area contributed by atoms with Crippen molar-refractivity contribution in [3.05, 3.63) is 34.6 Å². The van der Waals surface area contributed by atoms with Crippen molar-refractivity contribution in [1.82, 2.24) is 15.1 Å². The number of benzene rings is 1. The molecule has 33 heavy (non-hydrogen) atoms. The lowest BCUT2D eigenvalue weighted by molar-refractivity contribution is -0.136. The highest BCUT2D eigenvalue weighted by Gasteiger charge is 2.41. The van der Waals surface area contributed by atoms with Crippen molar-refractivity contribution in [2.45, 2.75) is 76.3 Å². The fraction of sp³-hybridized carbons (Fsp3) is 0.640. The standard InChI is InChI=1S/C25H33FIN3O3/c26-18-14-19(17-8-12-29(13-9-17)11-5-3-1-2-4-10-27)21-16-30(25(33)20(21)15-18)22-6-7-23(31)28-24(22)32/h14-15,17,22H,1-13,16H2,(H,28,31,32). The van der Waals surface area contributed by atoms with E-state index in [9.17, 15) is 18.8 Å². The van der Waals surface area contributed by atoms with E-state index in [0.717, 1.165) is 43.6 Å². The third-order valence-electron chi connectivity index (χ3n) is 7.29. The van der Waals surface area contributed by atoms with Crippen molar-refractivity contribution < 1.29 is 18.8 Å². The lowest BCUT2D eigenvalue weighted by Gasteiger charge is -2.33. The van der Waals surface area contributed by atoms with Gasteiger partial charge in [-0.15, -0.1) is 0 Å². The molecule has 2 fully saturated rings. The topological polar surface area (TPSA) is 69.7 Å². The Morgan fingerprint density at radius 2 is 1.73 bits per heavy atom. The van der Waals surface area contributed by atoms with Gasteiger partial charge in [0.15, 0.2) is 0 Å². The number of alkyl halides is 1. The molecule has 180 valence electrons. The van der Waals surface area contributed by atoms with Gasteiger partial charge < -0.3 is 9.80 Å². The second-order valence-electron chi connectivity index (χ2n) is 9.49. The zero-order valence-electron chi connectivity index (χ0n) is 19.1. The molecule has 1 atom stereocenters. The summed E-state index contributed by atoms with van der Waals surface area (Å²) in [4.78, 5) is 40.9. The van der Waals surface area contributed by atoms with Gasteiger partial charge in [0, 0.05) is 18.5 Å². The first-order chi connectivity index (χ1) is 16.0. The summed E-state index contributed by atoms with van der Waals surface area (Å²) < 4.78 is 15.8. The third-order valence-corrected chi connectivity index (χ3v) is 8.05. The second-order valence-corrected chi connectivity index (χ2v) is 10.6. The summed E-state index contributed by atoms with van der Waals surface area (Å²) in [6, 6.07) is 2.23. The van der Waals surface area contributed by atoms with E-state index in [1.165, 1.54) is 47.5 Å². The molecule has 3 heterocycles. The predicted molar refractivity (Wildman–Crippen MR) is 133 cm³/mol. The first-order valence-corrected chi connectivity index (χ1v) is 13.8. The molecule has 3 amide bonds. The number of halogens is 2. The van der Waals surface area contributed by atoms with Gasteiger partial charge in [-0.3, -0.25) is 19.7 Å². The Morgan fingerprint density at radius 1 is 1.00 bits per heavy atom. The zero-order valence-corrected chi connectivity index (χ0v) is 21.2. The minimum atomic E-state index is -0.669. The van der Waals surface area contributed by atoms with E-state index < -0.39 is 17.8 Å². The summed E-state index contributed by atoms with van der Waals surface area (Å²) in [6.07, 6.45) is 8.91. The fourth-order valence-electron chi connectivity index (χ4n) is 5.45. The van der Waals surface area contributed by atoms with Gasteiger partial charge in [0.25, 0.3) is 5.91 Å². The number of hydrogen-bond donors (Lipinski definition) is 1. The minimum Gasteiger partial charge on any atom is -0.322 e. The fourth-order valence-corrected chi connectivity index (χ4v) is 5.98. The molecule has 2 saturated heterocycles. The van der Waals surface area contributed by atoms with E-state index in [0.29, 0.717) is 18.5 Å². The minimum absolute atomic E-state index is 0.217. The van der Waals surface area contributed by atoms with Gasteiger partial charge in [-0.2, -0.15) is 0 Å². The molecule has 0 bridgehead atoms. The molecular formula is C25H33FIN3O3. The quantitative estimate of drug-likeness (QED) is 0.210. The van der Waals surface area contributed by atoms with Crippen molar-refractivity contribution in [3.8, 4) is 0 Å². The van der Waals surface area contributed by atoms with Crippen molar-refractivity contribution >= 4 is 40.3 Å². The SMILES string of the molecule is O=C1CCC(N2Cc3c(cc(F)cc3C3CCN(CCCCCCCI)CC3)C2=O)C(=O)N1.